The van der Waals surface area contributed by atoms with Crippen molar-refractivity contribution in [1.29, 1.82) is 0 Å². The third-order valence-corrected chi connectivity index (χ3v) is 2.91. The molecular weight excluding hydrogens is 272 g/mol. The molecule has 0 bridgehead atoms. The summed E-state index contributed by atoms with van der Waals surface area (Å²) in [5.74, 6) is -0.438. The molecule has 1 aromatic carbocycles. The number of hydrogen-bond acceptors (Lipinski definition) is 4. The average Bonchev–Trinajstić information content (AvgIpc) is 2.45. The molecule has 0 aliphatic rings. The van der Waals surface area contributed by atoms with Crippen LogP contribution in [0.1, 0.15) is 32.4 Å². The first-order chi connectivity index (χ1) is 9.97. The van der Waals surface area contributed by atoms with Crippen molar-refractivity contribution in [1.82, 2.24) is 4.90 Å². The number of carbonyl (C=O) groups is 2. The molecule has 0 aliphatic heterocycles. The topological polar surface area (TPSA) is 78.9 Å². The van der Waals surface area contributed by atoms with Gasteiger partial charge < -0.3 is 20.1 Å². The van der Waals surface area contributed by atoms with E-state index in [0.717, 1.165) is 0 Å². The zero-order valence-corrected chi connectivity index (χ0v) is 12.6. The van der Waals surface area contributed by atoms with Crippen molar-refractivity contribution in [3.8, 4) is 0 Å². The van der Waals surface area contributed by atoms with Gasteiger partial charge in [-0.25, -0.2) is 4.79 Å². The van der Waals surface area contributed by atoms with Crippen LogP contribution in [0.5, 0.6) is 0 Å². The van der Waals surface area contributed by atoms with E-state index in [0.29, 0.717) is 17.8 Å². The number of ether oxygens (including phenoxy) is 1. The Morgan fingerprint density at radius 2 is 2.10 bits per heavy atom. The molecule has 0 heterocycles. The van der Waals surface area contributed by atoms with Gasteiger partial charge in [0.15, 0.2) is 0 Å². The monoisotopic (exact) mass is 294 g/mol. The van der Waals surface area contributed by atoms with Gasteiger partial charge in [-0.3, -0.25) is 4.79 Å². The summed E-state index contributed by atoms with van der Waals surface area (Å²) in [7, 11) is 0. The maximum absolute atomic E-state index is 12.1. The second kappa shape index (κ2) is 8.26. The van der Waals surface area contributed by atoms with Gasteiger partial charge in [-0.2, -0.15) is 0 Å². The van der Waals surface area contributed by atoms with Crippen LogP contribution in [-0.4, -0.2) is 41.7 Å². The van der Waals surface area contributed by atoms with E-state index < -0.39 is 12.1 Å². The molecular formula is C15H22N2O4. The molecule has 21 heavy (non-hydrogen) atoms. The Bertz CT molecular complexity index is 488. The number of esters is 1. The zero-order chi connectivity index (χ0) is 15.8. The Labute approximate surface area is 124 Å². The first-order valence-electron chi connectivity index (χ1n) is 6.97. The predicted octanol–water partition coefficient (Wildman–Crippen LogP) is 2.16. The summed E-state index contributed by atoms with van der Waals surface area (Å²) in [4.78, 5) is 24.9. The van der Waals surface area contributed by atoms with Crippen LogP contribution in [0.3, 0.4) is 0 Å². The molecule has 1 unspecified atom stereocenters. The SMILES string of the molecule is CCOC(=O)CN(CC)C(=O)Nc1cccc(C(C)O)c1. The molecule has 6 nitrogen and oxygen atoms in total. The molecule has 0 fully saturated rings. The highest BCUT2D eigenvalue weighted by Gasteiger charge is 2.16. The largest absolute Gasteiger partial charge is 0.465 e. The van der Waals surface area contributed by atoms with Crippen LogP contribution in [0.25, 0.3) is 0 Å². The summed E-state index contributed by atoms with van der Waals surface area (Å²) >= 11 is 0. The number of anilines is 1. The second-order valence-electron chi connectivity index (χ2n) is 4.55. The Hall–Kier alpha value is -2.08. The van der Waals surface area contributed by atoms with Crippen LogP contribution >= 0.6 is 0 Å². The number of aliphatic hydroxyl groups excluding tert-OH is 1. The smallest absolute Gasteiger partial charge is 0.325 e. The minimum Gasteiger partial charge on any atom is -0.465 e. The molecule has 0 spiro atoms. The van der Waals surface area contributed by atoms with Gasteiger partial charge in [0, 0.05) is 12.2 Å². The average molecular weight is 294 g/mol. The molecule has 1 rings (SSSR count). The molecule has 116 valence electrons. The van der Waals surface area contributed by atoms with E-state index in [1.165, 1.54) is 4.90 Å². The molecule has 0 radical (unpaired) electrons. The Balaban J connectivity index is 2.69. The van der Waals surface area contributed by atoms with Gasteiger partial charge >= 0.3 is 12.0 Å². The van der Waals surface area contributed by atoms with Gasteiger partial charge in [0.1, 0.15) is 6.54 Å². The standard InChI is InChI=1S/C15H22N2O4/c1-4-17(10-14(19)21-5-2)15(20)16-13-8-6-7-12(9-13)11(3)18/h6-9,11,18H,4-5,10H2,1-3H3,(H,16,20). The fraction of sp³-hybridized carbons (Fsp3) is 0.467. The van der Waals surface area contributed by atoms with Gasteiger partial charge in [-0.1, -0.05) is 12.1 Å². The number of likely N-dealkylation sites (N-methyl/N-ethyl adjacent to an activating group) is 1. The lowest BCUT2D eigenvalue weighted by atomic mass is 10.1. The maximum atomic E-state index is 12.1. The number of nitrogens with zero attached hydrogens (tertiary/aromatic N) is 1. The first-order valence-corrected chi connectivity index (χ1v) is 6.97. The Morgan fingerprint density at radius 1 is 1.38 bits per heavy atom. The molecule has 2 amide bonds. The fourth-order valence-electron chi connectivity index (χ4n) is 1.77. The van der Waals surface area contributed by atoms with Gasteiger partial charge in [0.2, 0.25) is 0 Å². The lowest BCUT2D eigenvalue weighted by molar-refractivity contribution is -0.143. The number of carbonyl (C=O) groups excluding carboxylic acids is 2. The lowest BCUT2D eigenvalue weighted by Gasteiger charge is -2.20. The third kappa shape index (κ3) is 5.43. The van der Waals surface area contributed by atoms with E-state index in [1.807, 2.05) is 0 Å². The molecule has 0 aliphatic carbocycles. The lowest BCUT2D eigenvalue weighted by Crippen LogP contribution is -2.39. The summed E-state index contributed by atoms with van der Waals surface area (Å²) < 4.78 is 4.83. The summed E-state index contributed by atoms with van der Waals surface area (Å²) in [6.07, 6.45) is -0.608. The summed E-state index contributed by atoms with van der Waals surface area (Å²) in [5, 5.41) is 12.2. The summed E-state index contributed by atoms with van der Waals surface area (Å²) in [5.41, 5.74) is 1.28. The number of urea groups is 1. The van der Waals surface area contributed by atoms with Gasteiger partial charge in [0.05, 0.1) is 12.7 Å². The number of benzene rings is 1. The highest BCUT2D eigenvalue weighted by molar-refractivity contribution is 5.91. The molecule has 1 atom stereocenters. The number of aliphatic hydroxyl groups is 1. The Morgan fingerprint density at radius 3 is 2.67 bits per heavy atom. The number of hydrogen-bond donors (Lipinski definition) is 2. The van der Waals surface area contributed by atoms with E-state index in [-0.39, 0.29) is 19.2 Å². The van der Waals surface area contributed by atoms with Gasteiger partial charge in [-0.05, 0) is 38.5 Å². The highest BCUT2D eigenvalue weighted by Crippen LogP contribution is 2.17. The Kier molecular flexibility index (Phi) is 6.68. The normalized spacial score (nSPS) is 11.6. The van der Waals surface area contributed by atoms with Crippen LogP contribution in [0.15, 0.2) is 24.3 Å². The van der Waals surface area contributed by atoms with Crippen molar-refractivity contribution in [2.24, 2.45) is 0 Å². The fourth-order valence-corrected chi connectivity index (χ4v) is 1.77. The van der Waals surface area contributed by atoms with Gasteiger partial charge in [0.25, 0.3) is 0 Å². The number of amides is 2. The van der Waals surface area contributed by atoms with Crippen molar-refractivity contribution >= 4 is 17.7 Å². The first kappa shape index (κ1) is 17.0. The molecule has 6 heteroatoms. The zero-order valence-electron chi connectivity index (χ0n) is 12.6. The minimum atomic E-state index is -0.608. The van der Waals surface area contributed by atoms with E-state index >= 15 is 0 Å². The molecule has 0 saturated heterocycles. The van der Waals surface area contributed by atoms with Crippen LogP contribution < -0.4 is 5.32 Å². The van der Waals surface area contributed by atoms with Crippen molar-refractivity contribution in [3.05, 3.63) is 29.8 Å². The van der Waals surface area contributed by atoms with Crippen LogP contribution in [-0.2, 0) is 9.53 Å². The molecule has 0 saturated carbocycles. The van der Waals surface area contributed by atoms with Crippen molar-refractivity contribution in [2.75, 3.05) is 25.0 Å². The van der Waals surface area contributed by atoms with Crippen LogP contribution in [0.4, 0.5) is 10.5 Å². The highest BCUT2D eigenvalue weighted by atomic mass is 16.5. The molecule has 2 N–H and O–H groups in total. The van der Waals surface area contributed by atoms with E-state index in [9.17, 15) is 14.7 Å². The maximum Gasteiger partial charge on any atom is 0.325 e. The quantitative estimate of drug-likeness (QED) is 0.788. The number of rotatable bonds is 6. The van der Waals surface area contributed by atoms with Crippen LogP contribution in [0, 0.1) is 0 Å². The molecule has 0 aromatic heterocycles. The summed E-state index contributed by atoms with van der Waals surface area (Å²) in [6.45, 7) is 5.74. The van der Waals surface area contributed by atoms with E-state index in [1.54, 1.807) is 45.0 Å². The summed E-state index contributed by atoms with van der Waals surface area (Å²) in [6, 6.07) is 6.56. The van der Waals surface area contributed by atoms with Crippen molar-refractivity contribution in [2.45, 2.75) is 26.9 Å². The van der Waals surface area contributed by atoms with E-state index in [2.05, 4.69) is 5.32 Å². The third-order valence-electron chi connectivity index (χ3n) is 2.91. The van der Waals surface area contributed by atoms with Crippen molar-refractivity contribution in [3.63, 3.8) is 0 Å². The molecule has 1 aromatic rings. The number of nitrogens with one attached hydrogen (secondary N) is 1. The van der Waals surface area contributed by atoms with Gasteiger partial charge in [-0.15, -0.1) is 0 Å². The second-order valence-corrected chi connectivity index (χ2v) is 4.55. The van der Waals surface area contributed by atoms with E-state index in [4.69, 9.17) is 4.74 Å². The minimum absolute atomic E-state index is 0.0910. The van der Waals surface area contributed by atoms with Crippen molar-refractivity contribution < 1.29 is 19.4 Å². The predicted molar refractivity (Wildman–Crippen MR) is 80.0 cm³/mol. The van der Waals surface area contributed by atoms with Crippen LogP contribution in [0.2, 0.25) is 0 Å².